The molecular weight excluding hydrogens is 162 g/mol. The highest BCUT2D eigenvalue weighted by molar-refractivity contribution is 4.88. The summed E-state index contributed by atoms with van der Waals surface area (Å²) >= 11 is 0. The van der Waals surface area contributed by atoms with Gasteiger partial charge in [0.05, 0.1) is 5.60 Å². The first-order chi connectivity index (χ1) is 5.47. The van der Waals surface area contributed by atoms with Gasteiger partial charge in [0.2, 0.25) is 5.92 Å². The maximum Gasteiger partial charge on any atom is 0.248 e. The van der Waals surface area contributed by atoms with Crippen molar-refractivity contribution in [3.63, 3.8) is 0 Å². The van der Waals surface area contributed by atoms with Crippen molar-refractivity contribution in [3.8, 4) is 0 Å². The van der Waals surface area contributed by atoms with Crippen molar-refractivity contribution < 1.29 is 13.9 Å². The van der Waals surface area contributed by atoms with E-state index in [0.29, 0.717) is 6.42 Å². The fourth-order valence-corrected chi connectivity index (χ4v) is 1.80. The van der Waals surface area contributed by atoms with Crippen molar-refractivity contribution in [1.82, 2.24) is 0 Å². The Bertz CT molecular complexity index is 147. The Labute approximate surface area is 71.8 Å². The molecule has 1 saturated carbocycles. The van der Waals surface area contributed by atoms with Gasteiger partial charge in [-0.2, -0.15) is 0 Å². The topological polar surface area (TPSA) is 20.2 Å². The molecule has 0 aromatic rings. The van der Waals surface area contributed by atoms with E-state index in [-0.39, 0.29) is 25.7 Å². The van der Waals surface area contributed by atoms with Gasteiger partial charge in [-0.3, -0.25) is 0 Å². The van der Waals surface area contributed by atoms with Gasteiger partial charge in [-0.1, -0.05) is 13.3 Å². The second kappa shape index (κ2) is 3.29. The summed E-state index contributed by atoms with van der Waals surface area (Å²) in [6.07, 6.45) is 1.74. The summed E-state index contributed by atoms with van der Waals surface area (Å²) in [5.41, 5.74) is -0.795. The molecule has 1 nitrogen and oxygen atoms in total. The van der Waals surface area contributed by atoms with Crippen molar-refractivity contribution >= 4 is 0 Å². The molecule has 1 aliphatic carbocycles. The number of rotatable bonds is 2. The standard InChI is InChI=1S/C9H16F2O/c1-2-3-8(12)4-6-9(10,11)7-5-8/h12H,2-7H2,1H3. The molecule has 1 fully saturated rings. The fraction of sp³-hybridized carbons (Fsp3) is 1.00. The molecule has 0 spiro atoms. The van der Waals surface area contributed by atoms with Gasteiger partial charge < -0.3 is 5.11 Å². The van der Waals surface area contributed by atoms with Crippen LogP contribution in [-0.2, 0) is 0 Å². The van der Waals surface area contributed by atoms with Crippen LogP contribution >= 0.6 is 0 Å². The fourth-order valence-electron chi connectivity index (χ4n) is 1.80. The lowest BCUT2D eigenvalue weighted by Crippen LogP contribution is -2.38. The maximum absolute atomic E-state index is 12.7. The van der Waals surface area contributed by atoms with Crippen molar-refractivity contribution in [2.75, 3.05) is 0 Å². The Kier molecular flexibility index (Phi) is 2.71. The summed E-state index contributed by atoms with van der Waals surface area (Å²) in [6, 6.07) is 0. The molecule has 1 N–H and O–H groups in total. The van der Waals surface area contributed by atoms with Crippen molar-refractivity contribution in [3.05, 3.63) is 0 Å². The van der Waals surface area contributed by atoms with Gasteiger partial charge in [-0.15, -0.1) is 0 Å². The molecule has 0 heterocycles. The third-order valence-corrected chi connectivity index (χ3v) is 2.63. The van der Waals surface area contributed by atoms with E-state index in [1.807, 2.05) is 6.92 Å². The number of halogens is 2. The molecule has 12 heavy (non-hydrogen) atoms. The number of hydrogen-bond donors (Lipinski definition) is 1. The molecule has 0 unspecified atom stereocenters. The molecule has 3 heteroatoms. The van der Waals surface area contributed by atoms with Crippen molar-refractivity contribution in [2.45, 2.75) is 57.0 Å². The summed E-state index contributed by atoms with van der Waals surface area (Å²) in [5, 5.41) is 9.77. The molecule has 0 atom stereocenters. The quantitative estimate of drug-likeness (QED) is 0.689. The van der Waals surface area contributed by atoms with Crippen LogP contribution in [-0.4, -0.2) is 16.6 Å². The lowest BCUT2D eigenvalue weighted by Gasteiger charge is -2.35. The minimum atomic E-state index is -2.53. The molecule has 0 radical (unpaired) electrons. The highest BCUT2D eigenvalue weighted by Gasteiger charge is 2.41. The molecule has 1 rings (SSSR count). The number of hydrogen-bond acceptors (Lipinski definition) is 1. The van der Waals surface area contributed by atoms with Crippen LogP contribution in [0.25, 0.3) is 0 Å². The summed E-state index contributed by atoms with van der Waals surface area (Å²) in [7, 11) is 0. The van der Waals surface area contributed by atoms with Gasteiger partial charge in [-0.05, 0) is 19.3 Å². The molecule has 0 bridgehead atoms. The van der Waals surface area contributed by atoms with Crippen LogP contribution < -0.4 is 0 Å². The number of alkyl halides is 2. The lowest BCUT2D eigenvalue weighted by atomic mass is 9.80. The van der Waals surface area contributed by atoms with Gasteiger partial charge in [0.15, 0.2) is 0 Å². The van der Waals surface area contributed by atoms with Gasteiger partial charge in [0, 0.05) is 12.8 Å². The van der Waals surface area contributed by atoms with E-state index in [4.69, 9.17) is 0 Å². The lowest BCUT2D eigenvalue weighted by molar-refractivity contribution is -0.106. The van der Waals surface area contributed by atoms with Gasteiger partial charge in [0.25, 0.3) is 0 Å². The first kappa shape index (κ1) is 9.90. The van der Waals surface area contributed by atoms with Crippen LogP contribution in [0, 0.1) is 0 Å². The highest BCUT2D eigenvalue weighted by Crippen LogP contribution is 2.40. The zero-order valence-electron chi connectivity index (χ0n) is 7.45. The normalized spacial score (nSPS) is 27.0. The largest absolute Gasteiger partial charge is 0.390 e. The minimum Gasteiger partial charge on any atom is -0.390 e. The van der Waals surface area contributed by atoms with E-state index in [1.165, 1.54) is 0 Å². The monoisotopic (exact) mass is 178 g/mol. The third kappa shape index (κ3) is 2.41. The molecule has 1 aliphatic rings. The summed E-state index contributed by atoms with van der Waals surface area (Å²) in [4.78, 5) is 0. The Morgan fingerprint density at radius 3 is 2.08 bits per heavy atom. The second-order valence-corrected chi connectivity index (χ2v) is 3.83. The predicted octanol–water partition coefficient (Wildman–Crippen LogP) is 2.73. The van der Waals surface area contributed by atoms with Crippen LogP contribution in [0.15, 0.2) is 0 Å². The average molecular weight is 178 g/mol. The van der Waals surface area contributed by atoms with Gasteiger partial charge >= 0.3 is 0 Å². The molecule has 0 aromatic carbocycles. The Morgan fingerprint density at radius 2 is 1.67 bits per heavy atom. The zero-order valence-corrected chi connectivity index (χ0v) is 7.45. The van der Waals surface area contributed by atoms with Crippen LogP contribution in [0.2, 0.25) is 0 Å². The average Bonchev–Trinajstić information content (AvgIpc) is 1.98. The Balaban J connectivity index is 2.44. The van der Waals surface area contributed by atoms with Crippen LogP contribution in [0.1, 0.15) is 45.4 Å². The van der Waals surface area contributed by atoms with Crippen molar-refractivity contribution in [2.24, 2.45) is 0 Å². The number of aliphatic hydroxyl groups is 1. The molecule has 0 saturated heterocycles. The van der Waals surface area contributed by atoms with E-state index in [9.17, 15) is 13.9 Å². The van der Waals surface area contributed by atoms with E-state index < -0.39 is 11.5 Å². The van der Waals surface area contributed by atoms with E-state index in [2.05, 4.69) is 0 Å². The van der Waals surface area contributed by atoms with Crippen molar-refractivity contribution in [1.29, 1.82) is 0 Å². The van der Waals surface area contributed by atoms with Crippen LogP contribution in [0.5, 0.6) is 0 Å². The summed E-state index contributed by atoms with van der Waals surface area (Å²) in [6.45, 7) is 1.96. The second-order valence-electron chi connectivity index (χ2n) is 3.83. The molecule has 0 amide bonds. The molecular formula is C9H16F2O. The van der Waals surface area contributed by atoms with Gasteiger partial charge in [-0.25, -0.2) is 8.78 Å². The van der Waals surface area contributed by atoms with E-state index in [1.54, 1.807) is 0 Å². The first-order valence-electron chi connectivity index (χ1n) is 4.58. The predicted molar refractivity (Wildman–Crippen MR) is 43.3 cm³/mol. The summed E-state index contributed by atoms with van der Waals surface area (Å²) < 4.78 is 25.4. The van der Waals surface area contributed by atoms with Gasteiger partial charge in [0.1, 0.15) is 0 Å². The van der Waals surface area contributed by atoms with E-state index in [0.717, 1.165) is 6.42 Å². The third-order valence-electron chi connectivity index (χ3n) is 2.63. The van der Waals surface area contributed by atoms with Crippen LogP contribution in [0.3, 0.4) is 0 Å². The first-order valence-corrected chi connectivity index (χ1v) is 4.58. The molecule has 72 valence electrons. The highest BCUT2D eigenvalue weighted by atomic mass is 19.3. The minimum absolute atomic E-state index is 0.149. The Hall–Kier alpha value is -0.180. The SMILES string of the molecule is CCCC1(O)CCC(F)(F)CC1. The Morgan fingerprint density at radius 1 is 1.17 bits per heavy atom. The smallest absolute Gasteiger partial charge is 0.248 e. The van der Waals surface area contributed by atoms with Crippen LogP contribution in [0.4, 0.5) is 8.78 Å². The van der Waals surface area contributed by atoms with E-state index >= 15 is 0 Å². The molecule has 0 aromatic heterocycles. The summed E-state index contributed by atoms with van der Waals surface area (Å²) in [5.74, 6) is -2.53. The molecule has 0 aliphatic heterocycles. The maximum atomic E-state index is 12.7. The zero-order chi connectivity index (χ0) is 9.24.